The van der Waals surface area contributed by atoms with Crippen LogP contribution in [0.25, 0.3) is 10.9 Å². The highest BCUT2D eigenvalue weighted by Gasteiger charge is 2.41. The first-order chi connectivity index (χ1) is 8.64. The Hall–Kier alpha value is -0.830. The van der Waals surface area contributed by atoms with Crippen LogP contribution in [0.5, 0.6) is 0 Å². The molecule has 1 atom stereocenters. The molecule has 3 rings (SSSR count). The molecule has 1 fully saturated rings. The number of benzene rings is 1. The largest absolute Gasteiger partial charge is 0.268 e. The smallest absolute Gasteiger partial charge is 0.0709 e. The van der Waals surface area contributed by atoms with Crippen molar-refractivity contribution < 1.29 is 0 Å². The van der Waals surface area contributed by atoms with Gasteiger partial charge < -0.3 is 0 Å². The van der Waals surface area contributed by atoms with E-state index in [0.29, 0.717) is 5.41 Å². The summed E-state index contributed by atoms with van der Waals surface area (Å²) in [5.41, 5.74) is 2.85. The third-order valence-corrected chi connectivity index (χ3v) is 5.55. The second kappa shape index (κ2) is 4.37. The Kier molecular flexibility index (Phi) is 2.97. The van der Waals surface area contributed by atoms with Gasteiger partial charge in [0.2, 0.25) is 0 Å². The summed E-state index contributed by atoms with van der Waals surface area (Å²) in [4.78, 5) is 0. The zero-order chi connectivity index (χ0) is 12.8. The number of aromatic nitrogens is 2. The van der Waals surface area contributed by atoms with E-state index in [1.54, 1.807) is 0 Å². The van der Waals surface area contributed by atoms with E-state index in [4.69, 9.17) is 5.10 Å². The molecule has 0 spiro atoms. The highest BCUT2D eigenvalue weighted by atomic mass is 79.9. The lowest BCUT2D eigenvalue weighted by molar-refractivity contribution is 0.315. The van der Waals surface area contributed by atoms with Crippen molar-refractivity contribution in [2.24, 2.45) is 18.4 Å². The summed E-state index contributed by atoms with van der Waals surface area (Å²) in [6.07, 6.45) is 3.84. The van der Waals surface area contributed by atoms with E-state index in [2.05, 4.69) is 47.1 Å². The Morgan fingerprint density at radius 2 is 2.11 bits per heavy atom. The number of hydrogen-bond acceptors (Lipinski definition) is 1. The molecule has 0 bridgehead atoms. The average Bonchev–Trinajstić information content (AvgIpc) is 3.18. The molecule has 1 unspecified atom stereocenters. The number of hydrogen-bond donors (Lipinski definition) is 0. The Morgan fingerprint density at radius 1 is 1.39 bits per heavy atom. The minimum Gasteiger partial charge on any atom is -0.268 e. The number of rotatable bonds is 4. The Morgan fingerprint density at radius 3 is 2.78 bits per heavy atom. The monoisotopic (exact) mass is 306 g/mol. The van der Waals surface area contributed by atoms with Crippen molar-refractivity contribution in [3.8, 4) is 0 Å². The van der Waals surface area contributed by atoms with Crippen molar-refractivity contribution in [3.05, 3.63) is 30.0 Å². The summed E-state index contributed by atoms with van der Waals surface area (Å²) >= 11 is 3.71. The second-order valence-electron chi connectivity index (χ2n) is 5.83. The van der Waals surface area contributed by atoms with E-state index in [-0.39, 0.29) is 0 Å². The van der Waals surface area contributed by atoms with Crippen molar-refractivity contribution in [1.29, 1.82) is 0 Å². The topological polar surface area (TPSA) is 17.8 Å². The van der Waals surface area contributed by atoms with Crippen molar-refractivity contribution in [3.63, 3.8) is 0 Å². The second-order valence-corrected chi connectivity index (χ2v) is 6.39. The van der Waals surface area contributed by atoms with Crippen LogP contribution in [0, 0.1) is 11.3 Å². The fraction of sp³-hybridized carbons (Fsp3) is 0.533. The molecule has 96 valence electrons. The number of para-hydroxylation sites is 1. The van der Waals surface area contributed by atoms with E-state index in [1.807, 2.05) is 11.7 Å². The van der Waals surface area contributed by atoms with E-state index in [0.717, 1.165) is 17.7 Å². The normalized spacial score (nSPS) is 19.1. The van der Waals surface area contributed by atoms with Crippen LogP contribution >= 0.6 is 15.9 Å². The summed E-state index contributed by atoms with van der Waals surface area (Å²) in [5.74, 6) is 0.873. The van der Waals surface area contributed by atoms with Gasteiger partial charge in [0.05, 0.1) is 11.2 Å². The van der Waals surface area contributed by atoms with E-state index in [1.165, 1.54) is 29.4 Å². The van der Waals surface area contributed by atoms with Crippen LogP contribution in [-0.2, 0) is 13.5 Å². The lowest BCUT2D eigenvalue weighted by Crippen LogP contribution is -2.24. The van der Waals surface area contributed by atoms with Crippen LogP contribution in [-0.4, -0.2) is 15.1 Å². The van der Waals surface area contributed by atoms with Gasteiger partial charge in [-0.2, -0.15) is 5.10 Å². The molecule has 1 aliphatic rings. The molecular formula is C15H19BrN2. The van der Waals surface area contributed by atoms with Crippen LogP contribution in [0.3, 0.4) is 0 Å². The molecule has 1 aromatic carbocycles. The summed E-state index contributed by atoms with van der Waals surface area (Å²) < 4.78 is 2.01. The zero-order valence-electron chi connectivity index (χ0n) is 11.0. The number of fused-ring (bicyclic) bond motifs is 1. The van der Waals surface area contributed by atoms with Gasteiger partial charge in [0, 0.05) is 17.8 Å². The molecule has 1 heterocycles. The van der Waals surface area contributed by atoms with E-state index in [9.17, 15) is 0 Å². The standard InChI is InChI=1S/C15H19BrN2/c1-15(10-16,11-7-8-11)9-13-12-5-3-4-6-14(12)18(2)17-13/h3-6,11H,7-10H2,1-2H3. The fourth-order valence-electron chi connectivity index (χ4n) is 2.88. The number of aryl methyl sites for hydroxylation is 1. The predicted octanol–water partition coefficient (Wildman–Crippen LogP) is 3.93. The molecular weight excluding hydrogens is 288 g/mol. The number of halogens is 1. The molecule has 3 heteroatoms. The van der Waals surface area contributed by atoms with Crippen molar-refractivity contribution in [2.45, 2.75) is 26.2 Å². The molecule has 1 aliphatic carbocycles. The first-order valence-electron chi connectivity index (χ1n) is 6.60. The first kappa shape index (κ1) is 12.2. The maximum atomic E-state index is 4.73. The first-order valence-corrected chi connectivity index (χ1v) is 7.73. The molecule has 2 aromatic rings. The molecule has 1 aromatic heterocycles. The van der Waals surface area contributed by atoms with Gasteiger partial charge >= 0.3 is 0 Å². The highest BCUT2D eigenvalue weighted by molar-refractivity contribution is 9.09. The summed E-state index contributed by atoms with van der Waals surface area (Å²) in [6, 6.07) is 8.53. The highest BCUT2D eigenvalue weighted by Crippen LogP contribution is 2.48. The Balaban J connectivity index is 1.99. The van der Waals surface area contributed by atoms with Gasteiger partial charge in [-0.05, 0) is 36.7 Å². The summed E-state index contributed by atoms with van der Waals surface area (Å²) in [7, 11) is 2.04. The molecule has 0 aliphatic heterocycles. The van der Waals surface area contributed by atoms with Crippen LogP contribution < -0.4 is 0 Å². The van der Waals surface area contributed by atoms with Crippen molar-refractivity contribution in [1.82, 2.24) is 9.78 Å². The van der Waals surface area contributed by atoms with Crippen LogP contribution in [0.15, 0.2) is 24.3 Å². The third-order valence-electron chi connectivity index (χ3n) is 4.27. The van der Waals surface area contributed by atoms with Crippen LogP contribution in [0.1, 0.15) is 25.5 Å². The number of alkyl halides is 1. The number of nitrogens with zero attached hydrogens (tertiary/aromatic N) is 2. The maximum absolute atomic E-state index is 4.73. The van der Waals surface area contributed by atoms with Gasteiger partial charge in [-0.15, -0.1) is 0 Å². The quantitative estimate of drug-likeness (QED) is 0.783. The zero-order valence-corrected chi connectivity index (χ0v) is 12.6. The maximum Gasteiger partial charge on any atom is 0.0709 e. The lowest BCUT2D eigenvalue weighted by Gasteiger charge is -2.26. The van der Waals surface area contributed by atoms with Gasteiger partial charge in [-0.25, -0.2) is 0 Å². The van der Waals surface area contributed by atoms with Gasteiger partial charge in [0.15, 0.2) is 0 Å². The Labute approximate surface area is 117 Å². The SMILES string of the molecule is Cn1nc(CC(C)(CBr)C2CC2)c2ccccc21. The van der Waals surface area contributed by atoms with Crippen molar-refractivity contribution >= 4 is 26.8 Å². The average molecular weight is 307 g/mol. The van der Waals surface area contributed by atoms with E-state index >= 15 is 0 Å². The Bertz CT molecular complexity index is 571. The molecule has 0 radical (unpaired) electrons. The predicted molar refractivity (Wildman–Crippen MR) is 79.0 cm³/mol. The molecule has 0 N–H and O–H groups in total. The third kappa shape index (κ3) is 1.99. The molecule has 1 saturated carbocycles. The lowest BCUT2D eigenvalue weighted by atomic mass is 9.82. The van der Waals surface area contributed by atoms with Gasteiger partial charge in [-0.3, -0.25) is 4.68 Å². The van der Waals surface area contributed by atoms with Crippen molar-refractivity contribution in [2.75, 3.05) is 5.33 Å². The minimum atomic E-state index is 0.358. The minimum absolute atomic E-state index is 0.358. The van der Waals surface area contributed by atoms with Crippen LogP contribution in [0.4, 0.5) is 0 Å². The molecule has 0 saturated heterocycles. The molecule has 18 heavy (non-hydrogen) atoms. The summed E-state index contributed by atoms with van der Waals surface area (Å²) in [6.45, 7) is 2.39. The van der Waals surface area contributed by atoms with Gasteiger partial charge in [-0.1, -0.05) is 41.1 Å². The molecule has 0 amide bonds. The van der Waals surface area contributed by atoms with Gasteiger partial charge in [0.25, 0.3) is 0 Å². The fourth-order valence-corrected chi connectivity index (χ4v) is 3.54. The van der Waals surface area contributed by atoms with E-state index < -0.39 is 0 Å². The molecule has 2 nitrogen and oxygen atoms in total. The van der Waals surface area contributed by atoms with Gasteiger partial charge in [0.1, 0.15) is 0 Å². The summed E-state index contributed by atoms with van der Waals surface area (Å²) in [5, 5.41) is 7.11. The van der Waals surface area contributed by atoms with Crippen LogP contribution in [0.2, 0.25) is 0 Å².